The number of nitrogens with one attached hydrogen (secondary N) is 1. The minimum absolute atomic E-state index is 0.00786. The molecule has 0 aliphatic carbocycles. The molecule has 1 N–H and O–H groups in total. The lowest BCUT2D eigenvalue weighted by Gasteiger charge is -2.36. The van der Waals surface area contributed by atoms with E-state index >= 15 is 0 Å². The molecule has 1 aromatic rings. The fourth-order valence-corrected chi connectivity index (χ4v) is 5.17. The van der Waals surface area contributed by atoms with Crippen molar-refractivity contribution in [3.05, 3.63) is 29.8 Å². The van der Waals surface area contributed by atoms with Crippen LogP contribution in [0.2, 0.25) is 0 Å². The van der Waals surface area contributed by atoms with Gasteiger partial charge in [0.2, 0.25) is 5.91 Å². The predicted molar refractivity (Wildman–Crippen MR) is 117 cm³/mol. The monoisotopic (exact) mass is 419 g/mol. The van der Waals surface area contributed by atoms with Crippen molar-refractivity contribution in [2.24, 2.45) is 5.92 Å². The van der Waals surface area contributed by atoms with Crippen molar-refractivity contribution >= 4 is 23.7 Å². The van der Waals surface area contributed by atoms with Gasteiger partial charge in [0.05, 0.1) is 12.4 Å². The highest BCUT2D eigenvalue weighted by Crippen LogP contribution is 2.44. The average molecular weight is 420 g/mol. The van der Waals surface area contributed by atoms with E-state index in [0.717, 1.165) is 43.8 Å². The van der Waals surface area contributed by atoms with E-state index in [2.05, 4.69) is 5.32 Å². The van der Waals surface area contributed by atoms with Crippen LogP contribution in [0.1, 0.15) is 51.5 Å². The Hall–Kier alpha value is -1.89. The molecule has 2 aliphatic heterocycles. The third kappa shape index (κ3) is 5.38. The largest absolute Gasteiger partial charge is 0.497 e. The van der Waals surface area contributed by atoms with Gasteiger partial charge in [0.1, 0.15) is 11.1 Å². The highest BCUT2D eigenvalue weighted by molar-refractivity contribution is 8.01. The van der Waals surface area contributed by atoms with E-state index in [4.69, 9.17) is 4.74 Å². The van der Waals surface area contributed by atoms with Gasteiger partial charge in [0.15, 0.2) is 0 Å². The number of ether oxygens (including phenoxy) is 1. The topological polar surface area (TPSA) is 61.9 Å². The lowest BCUT2D eigenvalue weighted by atomic mass is 9.96. The maximum Gasteiger partial charge on any atom is 0.317 e. The summed E-state index contributed by atoms with van der Waals surface area (Å²) in [6, 6.07) is 8.01. The standard InChI is InChI=1S/C22H33N3O3S/c1-15-19(26)25(20(29-15)17-6-8-18(28-5)9-7-17)14-16-10-12-24(13-11-16)21(27)23-22(2,3)4/h6-9,15-16,20H,10-14H2,1-5H3,(H,23,27)/t15-,20+/m1/s1. The average Bonchev–Trinajstić information content (AvgIpc) is 2.95. The van der Waals surface area contributed by atoms with Crippen molar-refractivity contribution in [3.8, 4) is 5.75 Å². The quantitative estimate of drug-likeness (QED) is 0.805. The summed E-state index contributed by atoms with van der Waals surface area (Å²) in [6.07, 6.45) is 1.85. The lowest BCUT2D eigenvalue weighted by Crippen LogP contribution is -2.51. The number of piperidine rings is 1. The summed E-state index contributed by atoms with van der Waals surface area (Å²) in [5.74, 6) is 1.46. The van der Waals surface area contributed by atoms with Gasteiger partial charge in [0, 0.05) is 25.2 Å². The van der Waals surface area contributed by atoms with E-state index in [1.165, 1.54) is 0 Å². The molecule has 3 rings (SSSR count). The van der Waals surface area contributed by atoms with Gasteiger partial charge in [-0.1, -0.05) is 12.1 Å². The number of methoxy groups -OCH3 is 1. The second-order valence-electron chi connectivity index (χ2n) is 9.01. The number of amides is 3. The number of nitrogens with zero attached hydrogens (tertiary/aromatic N) is 2. The molecular formula is C22H33N3O3S. The molecule has 2 fully saturated rings. The Labute approximate surface area is 178 Å². The van der Waals surface area contributed by atoms with E-state index in [9.17, 15) is 9.59 Å². The van der Waals surface area contributed by atoms with Gasteiger partial charge in [-0.15, -0.1) is 11.8 Å². The molecule has 29 heavy (non-hydrogen) atoms. The Morgan fingerprint density at radius 2 is 1.83 bits per heavy atom. The van der Waals surface area contributed by atoms with Crippen LogP contribution < -0.4 is 10.1 Å². The molecule has 0 unspecified atom stereocenters. The maximum absolute atomic E-state index is 12.8. The highest BCUT2D eigenvalue weighted by atomic mass is 32.2. The van der Waals surface area contributed by atoms with Crippen LogP contribution in [0.4, 0.5) is 4.79 Å². The third-order valence-corrected chi connectivity index (χ3v) is 6.88. The summed E-state index contributed by atoms with van der Waals surface area (Å²) >= 11 is 1.71. The second kappa shape index (κ2) is 8.86. The van der Waals surface area contributed by atoms with Crippen molar-refractivity contribution in [1.29, 1.82) is 0 Å². The van der Waals surface area contributed by atoms with Crippen LogP contribution in [-0.4, -0.2) is 59.3 Å². The molecule has 0 bridgehead atoms. The molecule has 0 saturated carbocycles. The summed E-state index contributed by atoms with van der Waals surface area (Å²) in [4.78, 5) is 29.1. The van der Waals surface area contributed by atoms with Gasteiger partial charge in [-0.25, -0.2) is 4.79 Å². The number of thioether (sulfide) groups is 1. The van der Waals surface area contributed by atoms with E-state index < -0.39 is 0 Å². The number of carbonyl (C=O) groups excluding carboxylic acids is 2. The number of hydrogen-bond acceptors (Lipinski definition) is 4. The molecule has 1 aromatic carbocycles. The first kappa shape index (κ1) is 21.8. The summed E-state index contributed by atoms with van der Waals surface area (Å²) in [5.41, 5.74) is 0.907. The van der Waals surface area contributed by atoms with E-state index in [1.807, 2.05) is 61.8 Å². The predicted octanol–water partition coefficient (Wildman–Crippen LogP) is 3.88. The SMILES string of the molecule is COc1ccc([C@@H]2S[C@H](C)C(=O)N2CC2CCN(C(=O)NC(C)(C)C)CC2)cc1. The Bertz CT molecular complexity index is 724. The van der Waals surface area contributed by atoms with Gasteiger partial charge >= 0.3 is 6.03 Å². The number of hydrogen-bond donors (Lipinski definition) is 1. The van der Waals surface area contributed by atoms with Crippen molar-refractivity contribution < 1.29 is 14.3 Å². The van der Waals surface area contributed by atoms with Crippen molar-refractivity contribution in [1.82, 2.24) is 15.1 Å². The van der Waals surface area contributed by atoms with Crippen LogP contribution in [0.5, 0.6) is 5.75 Å². The molecule has 7 heteroatoms. The number of urea groups is 1. The van der Waals surface area contributed by atoms with E-state index in [1.54, 1.807) is 18.9 Å². The Balaban J connectivity index is 1.61. The van der Waals surface area contributed by atoms with Crippen molar-refractivity contribution in [3.63, 3.8) is 0 Å². The molecule has 2 saturated heterocycles. The molecule has 2 aliphatic rings. The van der Waals surface area contributed by atoms with Crippen LogP contribution in [0.3, 0.4) is 0 Å². The smallest absolute Gasteiger partial charge is 0.317 e. The van der Waals surface area contributed by atoms with Crippen LogP contribution in [0, 0.1) is 5.92 Å². The number of likely N-dealkylation sites (tertiary alicyclic amines) is 1. The number of rotatable bonds is 4. The highest BCUT2D eigenvalue weighted by Gasteiger charge is 2.40. The van der Waals surface area contributed by atoms with Crippen LogP contribution in [0.25, 0.3) is 0 Å². The molecule has 160 valence electrons. The van der Waals surface area contributed by atoms with Gasteiger partial charge in [-0.05, 0) is 64.2 Å². The molecule has 6 nitrogen and oxygen atoms in total. The Morgan fingerprint density at radius 1 is 1.21 bits per heavy atom. The molecule has 3 amide bonds. The molecular weight excluding hydrogens is 386 g/mol. The maximum atomic E-state index is 12.8. The van der Waals surface area contributed by atoms with Gasteiger partial charge in [-0.3, -0.25) is 4.79 Å². The first-order valence-electron chi connectivity index (χ1n) is 10.3. The van der Waals surface area contributed by atoms with Gasteiger partial charge in [0.25, 0.3) is 0 Å². The summed E-state index contributed by atoms with van der Waals surface area (Å²) in [5, 5.41) is 3.06. The third-order valence-electron chi connectivity index (χ3n) is 5.49. The van der Waals surface area contributed by atoms with E-state index in [0.29, 0.717) is 5.92 Å². The van der Waals surface area contributed by atoms with Crippen LogP contribution in [-0.2, 0) is 4.79 Å². The molecule has 0 radical (unpaired) electrons. The molecule has 0 aromatic heterocycles. The molecule has 0 spiro atoms. The summed E-state index contributed by atoms with van der Waals surface area (Å²) in [6.45, 7) is 10.2. The first-order chi connectivity index (χ1) is 13.7. The minimum Gasteiger partial charge on any atom is -0.497 e. The number of benzene rings is 1. The zero-order chi connectivity index (χ0) is 21.2. The zero-order valence-electron chi connectivity index (χ0n) is 18.1. The fraction of sp³-hybridized carbons (Fsp3) is 0.636. The molecule has 2 heterocycles. The first-order valence-corrected chi connectivity index (χ1v) is 11.3. The van der Waals surface area contributed by atoms with Crippen LogP contribution in [0.15, 0.2) is 24.3 Å². The zero-order valence-corrected chi connectivity index (χ0v) is 18.9. The van der Waals surface area contributed by atoms with Gasteiger partial charge in [-0.2, -0.15) is 0 Å². The van der Waals surface area contributed by atoms with E-state index in [-0.39, 0.29) is 28.1 Å². The number of carbonyl (C=O) groups is 2. The Kier molecular flexibility index (Phi) is 6.66. The lowest BCUT2D eigenvalue weighted by molar-refractivity contribution is -0.130. The summed E-state index contributed by atoms with van der Waals surface area (Å²) < 4.78 is 5.26. The van der Waals surface area contributed by atoms with Crippen molar-refractivity contribution in [2.75, 3.05) is 26.7 Å². The Morgan fingerprint density at radius 3 is 2.38 bits per heavy atom. The fourth-order valence-electron chi connectivity index (χ4n) is 3.88. The molecule has 2 atom stereocenters. The van der Waals surface area contributed by atoms with Gasteiger partial charge < -0.3 is 19.9 Å². The van der Waals surface area contributed by atoms with Crippen molar-refractivity contribution in [2.45, 2.75) is 56.7 Å². The minimum atomic E-state index is -0.227. The normalized spacial score (nSPS) is 23.4. The summed E-state index contributed by atoms with van der Waals surface area (Å²) in [7, 11) is 1.66. The second-order valence-corrected chi connectivity index (χ2v) is 10.4. The van der Waals surface area contributed by atoms with Crippen LogP contribution >= 0.6 is 11.8 Å².